The van der Waals surface area contributed by atoms with Crippen LogP contribution >= 0.6 is 0 Å². The number of hydrogen-bond acceptors (Lipinski definition) is 11. The first-order valence-corrected chi connectivity index (χ1v) is 7.20. The van der Waals surface area contributed by atoms with Crippen LogP contribution < -0.4 is 4.74 Å². The number of nitro groups is 3. The van der Waals surface area contributed by atoms with Gasteiger partial charge in [0.1, 0.15) is 12.2 Å². The van der Waals surface area contributed by atoms with Crippen molar-refractivity contribution in [1.82, 2.24) is 0 Å². The molecule has 1 aliphatic heterocycles. The van der Waals surface area contributed by atoms with Crippen LogP contribution in [0, 0.1) is 30.3 Å². The molecule has 1 heterocycles. The largest absolute Gasteiger partial charge is 0.445 e. The number of nitrogens with zero attached hydrogens (tertiary/aromatic N) is 3. The van der Waals surface area contributed by atoms with E-state index in [4.69, 9.17) is 5.11 Å². The average Bonchev–Trinajstić information content (AvgIpc) is 2.61. The molecular weight excluding hydrogens is 400 g/mol. The van der Waals surface area contributed by atoms with Crippen molar-refractivity contribution in [3.63, 3.8) is 0 Å². The van der Waals surface area contributed by atoms with Crippen LogP contribution in [0.15, 0.2) is 12.1 Å². The van der Waals surface area contributed by atoms with Gasteiger partial charge in [0.15, 0.2) is 6.10 Å². The van der Waals surface area contributed by atoms with Crippen LogP contribution in [0.25, 0.3) is 0 Å². The highest BCUT2D eigenvalue weighted by Crippen LogP contribution is 2.44. The molecule has 0 aliphatic carbocycles. The molecule has 1 aliphatic rings. The van der Waals surface area contributed by atoms with E-state index in [0.717, 1.165) is 0 Å². The number of non-ortho nitro benzene ring substituents is 1. The minimum absolute atomic E-state index is 0.248. The molecule has 0 unspecified atom stereocenters. The molecule has 0 amide bonds. The number of aliphatic hydroxyl groups excluding tert-OH is 3. The second kappa shape index (κ2) is 7.50. The number of hydrogen-bond donors (Lipinski definition) is 3. The zero-order chi connectivity index (χ0) is 21.4. The predicted molar refractivity (Wildman–Crippen MR) is 79.7 cm³/mol. The van der Waals surface area contributed by atoms with Crippen molar-refractivity contribution in [1.29, 1.82) is 0 Å². The Kier molecular flexibility index (Phi) is 5.69. The summed E-state index contributed by atoms with van der Waals surface area (Å²) in [5.74, 6) is -5.82. The van der Waals surface area contributed by atoms with Crippen LogP contribution in [0.5, 0.6) is 5.75 Å². The standard InChI is InChI=1S/C12H11F2N3O11/c13-12(14)10(20)8(19)7(3-18)27-11(12)28-9-5(16(23)24)1-4(15(21)22)2-6(9)17(25)26/h1-2,7-8,10-11,18-20H,3H2/t7-,8+,10+,11-/m1/s1. The third kappa shape index (κ3) is 3.65. The SMILES string of the molecule is O=[N+]([O-])c1cc([N+](=O)[O-])c(O[C@H]2O[C@H](CO)[C@H](O)[C@H](O)C2(F)F)c([N+](=O)[O-])c1. The summed E-state index contributed by atoms with van der Waals surface area (Å²) < 4.78 is 37.5. The Hall–Kier alpha value is -3.08. The van der Waals surface area contributed by atoms with Crippen molar-refractivity contribution in [2.45, 2.75) is 30.5 Å². The lowest BCUT2D eigenvalue weighted by molar-refractivity contribution is -0.407. The minimum Gasteiger partial charge on any atom is -0.445 e. The molecule has 14 nitrogen and oxygen atoms in total. The molecule has 28 heavy (non-hydrogen) atoms. The molecule has 0 bridgehead atoms. The van der Waals surface area contributed by atoms with Gasteiger partial charge in [-0.25, -0.2) is 0 Å². The molecule has 0 saturated carbocycles. The third-order valence-electron chi connectivity index (χ3n) is 3.75. The van der Waals surface area contributed by atoms with Gasteiger partial charge in [-0.15, -0.1) is 0 Å². The van der Waals surface area contributed by atoms with Gasteiger partial charge in [-0.3, -0.25) is 30.3 Å². The Morgan fingerprint density at radius 3 is 1.96 bits per heavy atom. The van der Waals surface area contributed by atoms with E-state index in [1.165, 1.54) is 0 Å². The van der Waals surface area contributed by atoms with E-state index in [-0.39, 0.29) is 12.1 Å². The van der Waals surface area contributed by atoms with E-state index in [1.807, 2.05) is 0 Å². The molecule has 1 saturated heterocycles. The number of aliphatic hydroxyl groups is 3. The minimum atomic E-state index is -4.42. The van der Waals surface area contributed by atoms with Crippen LogP contribution in [0.4, 0.5) is 25.8 Å². The van der Waals surface area contributed by atoms with Gasteiger partial charge in [0.2, 0.25) is 0 Å². The molecule has 1 aromatic carbocycles. The summed E-state index contributed by atoms with van der Waals surface area (Å²) in [5.41, 5.74) is -3.85. The Morgan fingerprint density at radius 2 is 1.57 bits per heavy atom. The summed E-state index contributed by atoms with van der Waals surface area (Å²) in [7, 11) is 0. The van der Waals surface area contributed by atoms with Crippen molar-refractivity contribution in [3.8, 4) is 5.75 Å². The summed E-state index contributed by atoms with van der Waals surface area (Å²) in [6.07, 6.45) is -9.82. The maximum absolute atomic E-state index is 14.2. The van der Waals surface area contributed by atoms with E-state index >= 15 is 0 Å². The van der Waals surface area contributed by atoms with E-state index in [1.54, 1.807) is 0 Å². The number of nitro benzene ring substituents is 3. The van der Waals surface area contributed by atoms with Crippen LogP contribution in [-0.4, -0.2) is 67.2 Å². The van der Waals surface area contributed by atoms with Crippen LogP contribution in [0.2, 0.25) is 0 Å². The molecular formula is C12H11F2N3O11. The highest BCUT2D eigenvalue weighted by atomic mass is 19.3. The Bertz CT molecular complexity index is 785. The van der Waals surface area contributed by atoms with Crippen LogP contribution in [-0.2, 0) is 4.74 Å². The Balaban J connectivity index is 2.59. The average molecular weight is 411 g/mol. The molecule has 0 radical (unpaired) electrons. The van der Waals surface area contributed by atoms with Crippen molar-refractivity contribution >= 4 is 17.1 Å². The second-order valence-electron chi connectivity index (χ2n) is 5.50. The fourth-order valence-corrected chi connectivity index (χ4v) is 2.35. The van der Waals surface area contributed by atoms with E-state index in [0.29, 0.717) is 0 Å². The zero-order valence-corrected chi connectivity index (χ0v) is 13.4. The predicted octanol–water partition coefficient (Wildman–Crippen LogP) is -0.136. The first-order valence-electron chi connectivity index (χ1n) is 7.20. The molecule has 2 rings (SSSR count). The summed E-state index contributed by atoms with van der Waals surface area (Å²) in [6, 6.07) is 0.496. The fourth-order valence-electron chi connectivity index (χ4n) is 2.35. The number of halogens is 2. The van der Waals surface area contributed by atoms with Crippen molar-refractivity contribution in [3.05, 3.63) is 42.5 Å². The summed E-state index contributed by atoms with van der Waals surface area (Å²) >= 11 is 0. The lowest BCUT2D eigenvalue weighted by Crippen LogP contribution is -2.64. The number of ether oxygens (including phenoxy) is 2. The third-order valence-corrected chi connectivity index (χ3v) is 3.75. The van der Waals surface area contributed by atoms with Gasteiger partial charge >= 0.3 is 17.3 Å². The van der Waals surface area contributed by atoms with Gasteiger partial charge in [-0.2, -0.15) is 8.78 Å². The van der Waals surface area contributed by atoms with Gasteiger partial charge in [0.05, 0.1) is 33.5 Å². The molecule has 1 fully saturated rings. The Morgan fingerprint density at radius 1 is 1.07 bits per heavy atom. The van der Waals surface area contributed by atoms with E-state index in [9.17, 15) is 49.3 Å². The second-order valence-corrected chi connectivity index (χ2v) is 5.50. The van der Waals surface area contributed by atoms with Crippen molar-refractivity contribution < 1.29 is 48.3 Å². The maximum atomic E-state index is 14.2. The zero-order valence-electron chi connectivity index (χ0n) is 13.4. The number of alkyl halides is 2. The summed E-state index contributed by atoms with van der Waals surface area (Å²) in [5, 5.41) is 61.1. The van der Waals surface area contributed by atoms with Gasteiger partial charge in [-0.05, 0) is 0 Å². The van der Waals surface area contributed by atoms with Crippen molar-refractivity contribution in [2.24, 2.45) is 0 Å². The summed E-state index contributed by atoms with van der Waals surface area (Å²) in [4.78, 5) is 29.2. The molecule has 1 aromatic rings. The van der Waals surface area contributed by atoms with Gasteiger partial charge in [0.25, 0.3) is 17.7 Å². The summed E-state index contributed by atoms with van der Waals surface area (Å²) in [6.45, 7) is -1.07. The van der Waals surface area contributed by atoms with Gasteiger partial charge in [-0.1, -0.05) is 0 Å². The van der Waals surface area contributed by atoms with E-state index in [2.05, 4.69) is 9.47 Å². The molecule has 154 valence electrons. The smallest absolute Gasteiger partial charge is 0.336 e. The van der Waals surface area contributed by atoms with Crippen LogP contribution in [0.1, 0.15) is 0 Å². The molecule has 4 atom stereocenters. The fraction of sp³-hybridized carbons (Fsp3) is 0.500. The molecule has 3 N–H and O–H groups in total. The first kappa shape index (κ1) is 21.2. The highest BCUT2D eigenvalue weighted by Gasteiger charge is 2.60. The lowest BCUT2D eigenvalue weighted by atomic mass is 9.98. The molecule has 16 heteroatoms. The number of rotatable bonds is 6. The Labute approximate surface area is 152 Å². The van der Waals surface area contributed by atoms with Gasteiger partial charge in [0, 0.05) is 0 Å². The quantitative estimate of drug-likeness (QED) is 0.414. The topological polar surface area (TPSA) is 209 Å². The monoisotopic (exact) mass is 411 g/mol. The van der Waals surface area contributed by atoms with Crippen LogP contribution in [0.3, 0.4) is 0 Å². The van der Waals surface area contributed by atoms with Crippen molar-refractivity contribution in [2.75, 3.05) is 6.61 Å². The normalized spacial score (nSPS) is 26.5. The lowest BCUT2D eigenvalue weighted by Gasteiger charge is -2.41. The molecule has 0 spiro atoms. The highest BCUT2D eigenvalue weighted by molar-refractivity contribution is 5.65. The first-order chi connectivity index (χ1) is 12.9. The number of benzene rings is 1. The molecule has 0 aromatic heterocycles. The van der Waals surface area contributed by atoms with Gasteiger partial charge < -0.3 is 24.8 Å². The van der Waals surface area contributed by atoms with E-state index < -0.39 is 74.7 Å². The maximum Gasteiger partial charge on any atom is 0.336 e.